The molecule has 4 bridgehead atoms. The molecule has 1 atom stereocenters. The molecule has 4 heteroatoms. The SMILES string of the molecule is C#Cc1c(CO)ccc(OCOC(C)OC)c1C12CC3CC(CC(C3)C1)C2. The second kappa shape index (κ2) is 7.47. The number of hydrogen-bond donors (Lipinski definition) is 1. The number of hydrogen-bond acceptors (Lipinski definition) is 4. The van der Waals surface area contributed by atoms with Crippen LogP contribution >= 0.6 is 0 Å². The molecule has 0 spiro atoms. The normalized spacial score (nSPS) is 32.3. The Labute approximate surface area is 162 Å². The summed E-state index contributed by atoms with van der Waals surface area (Å²) < 4.78 is 16.7. The summed E-state index contributed by atoms with van der Waals surface area (Å²) in [4.78, 5) is 0. The first-order valence-electron chi connectivity index (χ1n) is 10.1. The van der Waals surface area contributed by atoms with E-state index >= 15 is 0 Å². The minimum Gasteiger partial charge on any atom is -0.467 e. The Morgan fingerprint density at radius 3 is 2.33 bits per heavy atom. The maximum atomic E-state index is 9.85. The predicted molar refractivity (Wildman–Crippen MR) is 103 cm³/mol. The molecule has 4 saturated carbocycles. The third-order valence-corrected chi connectivity index (χ3v) is 6.99. The van der Waals surface area contributed by atoms with Gasteiger partial charge in [0.05, 0.1) is 6.61 Å². The van der Waals surface area contributed by atoms with Crippen molar-refractivity contribution in [3.63, 3.8) is 0 Å². The van der Waals surface area contributed by atoms with E-state index < -0.39 is 0 Å². The Kier molecular flexibility index (Phi) is 5.20. The van der Waals surface area contributed by atoms with Gasteiger partial charge in [0.2, 0.25) is 0 Å². The quantitative estimate of drug-likeness (QED) is 0.583. The first-order valence-corrected chi connectivity index (χ1v) is 10.1. The first kappa shape index (κ1) is 18.8. The highest BCUT2D eigenvalue weighted by atomic mass is 16.7. The summed E-state index contributed by atoms with van der Waals surface area (Å²) in [6.45, 7) is 1.92. The van der Waals surface area contributed by atoms with Crippen LogP contribution in [0.1, 0.15) is 62.1 Å². The molecule has 0 aromatic heterocycles. The lowest BCUT2D eigenvalue weighted by atomic mass is 9.47. The van der Waals surface area contributed by atoms with Crippen LogP contribution in [0.25, 0.3) is 0 Å². The van der Waals surface area contributed by atoms with E-state index in [-0.39, 0.29) is 25.1 Å². The molecule has 146 valence electrons. The Balaban J connectivity index is 1.72. The van der Waals surface area contributed by atoms with Crippen molar-refractivity contribution in [1.82, 2.24) is 0 Å². The van der Waals surface area contributed by atoms with Gasteiger partial charge in [-0.3, -0.25) is 0 Å². The zero-order valence-corrected chi connectivity index (χ0v) is 16.4. The summed E-state index contributed by atoms with van der Waals surface area (Å²) in [5.41, 5.74) is 2.88. The molecule has 0 saturated heterocycles. The number of aliphatic hydroxyl groups is 1. The molecule has 1 aromatic rings. The molecular weight excluding hydrogens is 340 g/mol. The summed E-state index contributed by atoms with van der Waals surface area (Å²) in [5.74, 6) is 6.10. The van der Waals surface area contributed by atoms with Crippen molar-refractivity contribution in [3.8, 4) is 18.1 Å². The van der Waals surface area contributed by atoms with E-state index in [9.17, 15) is 5.11 Å². The summed E-state index contributed by atoms with van der Waals surface area (Å²) >= 11 is 0. The molecule has 4 aliphatic rings. The van der Waals surface area contributed by atoms with Gasteiger partial charge in [-0.2, -0.15) is 0 Å². The Bertz CT molecular complexity index is 697. The lowest BCUT2D eigenvalue weighted by molar-refractivity contribution is -0.150. The van der Waals surface area contributed by atoms with Crippen LogP contribution in [-0.2, 0) is 21.5 Å². The molecule has 4 nitrogen and oxygen atoms in total. The van der Waals surface area contributed by atoms with Gasteiger partial charge in [-0.25, -0.2) is 0 Å². The summed E-state index contributed by atoms with van der Waals surface area (Å²) in [7, 11) is 1.61. The summed E-state index contributed by atoms with van der Waals surface area (Å²) in [6.07, 6.45) is 13.3. The lowest BCUT2D eigenvalue weighted by Crippen LogP contribution is -2.49. The van der Waals surface area contributed by atoms with Crippen LogP contribution in [0, 0.1) is 30.1 Å². The van der Waals surface area contributed by atoms with Gasteiger partial charge in [-0.05, 0) is 74.8 Å². The summed E-state index contributed by atoms with van der Waals surface area (Å²) in [5, 5.41) is 9.85. The van der Waals surface area contributed by atoms with Gasteiger partial charge in [0, 0.05) is 23.7 Å². The highest BCUT2D eigenvalue weighted by molar-refractivity contribution is 5.57. The van der Waals surface area contributed by atoms with Crippen molar-refractivity contribution >= 4 is 0 Å². The fourth-order valence-corrected chi connectivity index (χ4v) is 6.25. The third kappa shape index (κ3) is 3.38. The number of methoxy groups -OCH3 is 1. The fraction of sp³-hybridized carbons (Fsp3) is 0.652. The van der Waals surface area contributed by atoms with Gasteiger partial charge in [-0.15, -0.1) is 6.42 Å². The van der Waals surface area contributed by atoms with Crippen LogP contribution in [0.3, 0.4) is 0 Å². The number of aliphatic hydroxyl groups excluding tert-OH is 1. The van der Waals surface area contributed by atoms with Gasteiger partial charge in [-0.1, -0.05) is 12.0 Å². The van der Waals surface area contributed by atoms with Gasteiger partial charge in [0.15, 0.2) is 13.1 Å². The van der Waals surface area contributed by atoms with Crippen molar-refractivity contribution in [3.05, 3.63) is 28.8 Å². The van der Waals surface area contributed by atoms with Crippen LogP contribution in [0.5, 0.6) is 5.75 Å². The molecule has 4 fully saturated rings. The Morgan fingerprint density at radius 1 is 1.19 bits per heavy atom. The minimum absolute atomic E-state index is 0.0453. The molecular formula is C23H30O4. The molecule has 0 heterocycles. The van der Waals surface area contributed by atoms with Crippen LogP contribution in [0.2, 0.25) is 0 Å². The van der Waals surface area contributed by atoms with E-state index in [1.54, 1.807) is 7.11 Å². The standard InChI is InChI=1S/C23H30O4/c1-4-20-19(13-24)5-6-21(27-14-26-15(2)25-3)22(20)23-10-16-7-17(11-23)9-18(8-16)12-23/h1,5-6,15-18,24H,7-14H2,2-3H3. The van der Waals surface area contributed by atoms with Crippen LogP contribution < -0.4 is 4.74 Å². The van der Waals surface area contributed by atoms with Crippen molar-refractivity contribution in [2.45, 2.75) is 63.8 Å². The van der Waals surface area contributed by atoms with Gasteiger partial charge in [0.1, 0.15) is 5.75 Å². The Morgan fingerprint density at radius 2 is 1.81 bits per heavy atom. The van der Waals surface area contributed by atoms with Gasteiger partial charge < -0.3 is 19.3 Å². The maximum absolute atomic E-state index is 9.85. The molecule has 1 N–H and O–H groups in total. The van der Waals surface area contributed by atoms with E-state index in [1.807, 2.05) is 19.1 Å². The van der Waals surface area contributed by atoms with Crippen molar-refractivity contribution in [1.29, 1.82) is 0 Å². The maximum Gasteiger partial charge on any atom is 0.191 e. The van der Waals surface area contributed by atoms with Crippen LogP contribution in [0.4, 0.5) is 0 Å². The van der Waals surface area contributed by atoms with E-state index in [4.69, 9.17) is 20.6 Å². The topological polar surface area (TPSA) is 47.9 Å². The van der Waals surface area contributed by atoms with E-state index in [0.29, 0.717) is 0 Å². The van der Waals surface area contributed by atoms with E-state index in [0.717, 1.165) is 40.2 Å². The molecule has 0 amide bonds. The zero-order valence-electron chi connectivity index (χ0n) is 16.4. The first-order chi connectivity index (χ1) is 13.1. The monoisotopic (exact) mass is 370 g/mol. The number of benzene rings is 1. The molecule has 27 heavy (non-hydrogen) atoms. The second-order valence-corrected chi connectivity index (χ2v) is 8.71. The fourth-order valence-electron chi connectivity index (χ4n) is 6.25. The highest BCUT2D eigenvalue weighted by Crippen LogP contribution is 2.62. The predicted octanol–water partition coefficient (Wildman–Crippen LogP) is 3.97. The zero-order chi connectivity index (χ0) is 19.0. The smallest absolute Gasteiger partial charge is 0.191 e. The molecule has 1 aromatic carbocycles. The summed E-state index contributed by atoms with van der Waals surface area (Å²) in [6, 6.07) is 3.84. The average Bonchev–Trinajstić information content (AvgIpc) is 2.66. The molecule has 1 unspecified atom stereocenters. The van der Waals surface area contributed by atoms with Crippen LogP contribution in [0.15, 0.2) is 12.1 Å². The average molecular weight is 370 g/mol. The van der Waals surface area contributed by atoms with E-state index in [2.05, 4.69) is 5.92 Å². The number of ether oxygens (including phenoxy) is 3. The number of rotatable bonds is 7. The van der Waals surface area contributed by atoms with Gasteiger partial charge >= 0.3 is 0 Å². The van der Waals surface area contributed by atoms with Crippen molar-refractivity contribution in [2.24, 2.45) is 17.8 Å². The molecule has 0 aliphatic heterocycles. The van der Waals surface area contributed by atoms with E-state index in [1.165, 1.54) is 38.5 Å². The largest absolute Gasteiger partial charge is 0.467 e. The molecule has 5 rings (SSSR count). The number of terminal acetylenes is 1. The highest BCUT2D eigenvalue weighted by Gasteiger charge is 2.53. The second-order valence-electron chi connectivity index (χ2n) is 8.71. The lowest BCUT2D eigenvalue weighted by Gasteiger charge is -2.57. The Hall–Kier alpha value is -1.54. The van der Waals surface area contributed by atoms with Crippen LogP contribution in [-0.4, -0.2) is 25.3 Å². The minimum atomic E-state index is -0.322. The third-order valence-electron chi connectivity index (χ3n) is 6.99. The molecule has 4 aliphatic carbocycles. The van der Waals surface area contributed by atoms with Crippen molar-refractivity contribution in [2.75, 3.05) is 13.9 Å². The van der Waals surface area contributed by atoms with Gasteiger partial charge in [0.25, 0.3) is 0 Å². The van der Waals surface area contributed by atoms with Crippen molar-refractivity contribution < 1.29 is 19.3 Å². The molecule has 0 radical (unpaired) electrons.